The minimum Gasteiger partial charge on any atom is -0.302 e. The monoisotopic (exact) mass is 299 g/mol. The van der Waals surface area contributed by atoms with E-state index in [1.807, 2.05) is 0 Å². The number of aldehydes is 1. The Kier molecular flexibility index (Phi) is 4.29. The average molecular weight is 300 g/mol. The van der Waals surface area contributed by atoms with Crippen LogP contribution in [0.5, 0.6) is 0 Å². The fourth-order valence-electron chi connectivity index (χ4n) is 2.24. The fourth-order valence-corrected chi connectivity index (χ4v) is 2.71. The van der Waals surface area contributed by atoms with Gasteiger partial charge in [0.1, 0.15) is 12.1 Å². The molecule has 0 amide bonds. The second-order valence-corrected chi connectivity index (χ2v) is 5.26. The minimum absolute atomic E-state index is 0.0145. The highest BCUT2D eigenvalue weighted by Crippen LogP contribution is 2.23. The van der Waals surface area contributed by atoms with Crippen LogP contribution in [-0.2, 0) is 11.3 Å². The molecule has 1 saturated heterocycles. The van der Waals surface area contributed by atoms with Gasteiger partial charge in [0.25, 0.3) is 0 Å². The molecular weight excluding hydrogens is 285 g/mol. The van der Waals surface area contributed by atoms with Crippen LogP contribution in [0, 0.1) is 5.82 Å². The second kappa shape index (κ2) is 5.74. The number of carbonyl (C=O) groups excluding carboxylic acids is 1. The third kappa shape index (κ3) is 3.13. The van der Waals surface area contributed by atoms with E-state index in [1.54, 1.807) is 6.07 Å². The first-order chi connectivity index (χ1) is 8.20. The first kappa shape index (κ1) is 12.7. The van der Waals surface area contributed by atoms with E-state index in [0.29, 0.717) is 6.54 Å². The smallest absolute Gasteiger partial charge is 0.137 e. The van der Waals surface area contributed by atoms with Crippen LogP contribution in [0.25, 0.3) is 0 Å². The lowest BCUT2D eigenvalue weighted by Gasteiger charge is -2.32. The molecule has 1 aliphatic heterocycles. The van der Waals surface area contributed by atoms with Crippen LogP contribution in [0.15, 0.2) is 22.7 Å². The van der Waals surface area contributed by atoms with Gasteiger partial charge in [0, 0.05) is 11.0 Å². The van der Waals surface area contributed by atoms with Crippen molar-refractivity contribution in [1.29, 1.82) is 0 Å². The van der Waals surface area contributed by atoms with E-state index < -0.39 is 0 Å². The molecule has 0 N–H and O–H groups in total. The third-order valence-corrected chi connectivity index (χ3v) is 3.95. The van der Waals surface area contributed by atoms with Crippen molar-refractivity contribution in [3.63, 3.8) is 0 Å². The van der Waals surface area contributed by atoms with Crippen molar-refractivity contribution in [1.82, 2.24) is 4.90 Å². The van der Waals surface area contributed by atoms with Crippen LogP contribution in [0.4, 0.5) is 4.39 Å². The van der Waals surface area contributed by atoms with Gasteiger partial charge in [-0.25, -0.2) is 4.39 Å². The summed E-state index contributed by atoms with van der Waals surface area (Å²) in [5, 5.41) is 0. The normalized spacial score (nSPS) is 21.4. The second-order valence-electron chi connectivity index (χ2n) is 4.41. The first-order valence-corrected chi connectivity index (χ1v) is 6.63. The zero-order valence-corrected chi connectivity index (χ0v) is 11.1. The van der Waals surface area contributed by atoms with Crippen molar-refractivity contribution < 1.29 is 9.18 Å². The van der Waals surface area contributed by atoms with Crippen molar-refractivity contribution in [3.8, 4) is 0 Å². The summed E-state index contributed by atoms with van der Waals surface area (Å²) < 4.78 is 13.7. The molecule has 2 nitrogen and oxygen atoms in total. The lowest BCUT2D eigenvalue weighted by molar-refractivity contribution is -0.113. The Balaban J connectivity index is 2.10. The van der Waals surface area contributed by atoms with Gasteiger partial charge in [-0.15, -0.1) is 0 Å². The Morgan fingerprint density at radius 3 is 3.00 bits per heavy atom. The number of carbonyl (C=O) groups is 1. The Hall–Kier alpha value is -0.740. The quantitative estimate of drug-likeness (QED) is 0.799. The zero-order chi connectivity index (χ0) is 12.3. The average Bonchev–Trinajstić information content (AvgIpc) is 2.33. The highest BCUT2D eigenvalue weighted by molar-refractivity contribution is 9.10. The summed E-state index contributed by atoms with van der Waals surface area (Å²) in [6.07, 6.45) is 4.20. The van der Waals surface area contributed by atoms with Crippen molar-refractivity contribution >= 4 is 22.2 Å². The molecular formula is C13H15BrFNO. The molecule has 1 atom stereocenters. The molecule has 1 aromatic carbocycles. The van der Waals surface area contributed by atoms with Gasteiger partial charge in [-0.05, 0) is 37.1 Å². The Morgan fingerprint density at radius 1 is 1.47 bits per heavy atom. The summed E-state index contributed by atoms with van der Waals surface area (Å²) in [5.74, 6) is -0.244. The van der Waals surface area contributed by atoms with Gasteiger partial charge in [-0.1, -0.05) is 28.4 Å². The molecule has 92 valence electrons. The highest BCUT2D eigenvalue weighted by Gasteiger charge is 2.22. The zero-order valence-electron chi connectivity index (χ0n) is 9.53. The molecule has 0 bridgehead atoms. The summed E-state index contributed by atoms with van der Waals surface area (Å²) in [6.45, 7) is 1.64. The molecule has 0 radical (unpaired) electrons. The van der Waals surface area contributed by atoms with Gasteiger partial charge in [-0.2, -0.15) is 0 Å². The minimum atomic E-state index is -0.244. The Morgan fingerprint density at radius 2 is 2.29 bits per heavy atom. The summed E-state index contributed by atoms with van der Waals surface area (Å²) in [4.78, 5) is 13.1. The maximum Gasteiger partial charge on any atom is 0.137 e. The third-order valence-electron chi connectivity index (χ3n) is 3.21. The Bertz CT molecular complexity index is 410. The van der Waals surface area contributed by atoms with E-state index in [9.17, 15) is 9.18 Å². The van der Waals surface area contributed by atoms with Gasteiger partial charge < -0.3 is 4.79 Å². The Labute approximate surface area is 109 Å². The molecule has 1 unspecified atom stereocenters. The van der Waals surface area contributed by atoms with Gasteiger partial charge in [-0.3, -0.25) is 4.90 Å². The van der Waals surface area contributed by atoms with Gasteiger partial charge in [0.05, 0.1) is 6.04 Å². The first-order valence-electron chi connectivity index (χ1n) is 5.84. The summed E-state index contributed by atoms with van der Waals surface area (Å²) >= 11 is 3.36. The molecule has 4 heteroatoms. The number of halogens is 2. The van der Waals surface area contributed by atoms with Crippen LogP contribution in [0.3, 0.4) is 0 Å². The molecule has 2 rings (SSSR count). The van der Waals surface area contributed by atoms with E-state index >= 15 is 0 Å². The van der Waals surface area contributed by atoms with Gasteiger partial charge in [0.15, 0.2) is 0 Å². The maximum absolute atomic E-state index is 13.0. The SMILES string of the molecule is O=CC1CCCCN1Cc1ccc(F)cc1Br. The van der Waals surface area contributed by atoms with Crippen LogP contribution in [0.2, 0.25) is 0 Å². The number of likely N-dealkylation sites (tertiary alicyclic amines) is 1. The van der Waals surface area contributed by atoms with Crippen LogP contribution >= 0.6 is 15.9 Å². The lowest BCUT2D eigenvalue weighted by Crippen LogP contribution is -2.39. The fraction of sp³-hybridized carbons (Fsp3) is 0.462. The molecule has 1 aliphatic rings. The number of hydrogen-bond acceptors (Lipinski definition) is 2. The van der Waals surface area contributed by atoms with Crippen molar-refractivity contribution in [2.24, 2.45) is 0 Å². The predicted molar refractivity (Wildman–Crippen MR) is 68.2 cm³/mol. The largest absolute Gasteiger partial charge is 0.302 e. The highest BCUT2D eigenvalue weighted by atomic mass is 79.9. The van der Waals surface area contributed by atoms with Crippen molar-refractivity contribution in [2.45, 2.75) is 31.8 Å². The van der Waals surface area contributed by atoms with Crippen LogP contribution < -0.4 is 0 Å². The topological polar surface area (TPSA) is 20.3 Å². The molecule has 17 heavy (non-hydrogen) atoms. The maximum atomic E-state index is 13.0. The van der Waals surface area contributed by atoms with E-state index in [0.717, 1.165) is 42.1 Å². The summed E-state index contributed by atoms with van der Waals surface area (Å²) in [7, 11) is 0. The molecule has 1 aromatic rings. The van der Waals surface area contributed by atoms with Gasteiger partial charge >= 0.3 is 0 Å². The standard InChI is InChI=1S/C13H15BrFNO/c14-13-7-11(15)5-4-10(13)8-16-6-2-1-3-12(16)9-17/h4-5,7,9,12H,1-3,6,8H2. The number of rotatable bonds is 3. The predicted octanol–water partition coefficient (Wildman–Crippen LogP) is 3.14. The molecule has 1 heterocycles. The summed E-state index contributed by atoms with van der Waals surface area (Å²) in [6, 6.07) is 4.71. The molecule has 0 aliphatic carbocycles. The van der Waals surface area contributed by atoms with Crippen molar-refractivity contribution in [3.05, 3.63) is 34.1 Å². The number of nitrogens with zero attached hydrogens (tertiary/aromatic N) is 1. The molecule has 1 fully saturated rings. The number of hydrogen-bond donors (Lipinski definition) is 0. The number of benzene rings is 1. The molecule has 0 saturated carbocycles. The van der Waals surface area contributed by atoms with E-state index in [1.165, 1.54) is 12.1 Å². The van der Waals surface area contributed by atoms with Crippen molar-refractivity contribution in [2.75, 3.05) is 6.54 Å². The lowest BCUT2D eigenvalue weighted by atomic mass is 10.0. The van der Waals surface area contributed by atoms with E-state index in [4.69, 9.17) is 0 Å². The molecule has 0 aromatic heterocycles. The van der Waals surface area contributed by atoms with Crippen LogP contribution in [-0.4, -0.2) is 23.8 Å². The molecule has 0 spiro atoms. The van der Waals surface area contributed by atoms with Gasteiger partial charge in [0.2, 0.25) is 0 Å². The van der Waals surface area contributed by atoms with E-state index in [2.05, 4.69) is 20.8 Å². The number of piperidine rings is 1. The van der Waals surface area contributed by atoms with E-state index in [-0.39, 0.29) is 11.9 Å². The van der Waals surface area contributed by atoms with Crippen LogP contribution in [0.1, 0.15) is 24.8 Å². The summed E-state index contributed by atoms with van der Waals surface area (Å²) in [5.41, 5.74) is 1.03.